The van der Waals surface area contributed by atoms with E-state index < -0.39 is 5.63 Å². The van der Waals surface area contributed by atoms with Crippen LogP contribution >= 0.6 is 11.6 Å². The molecule has 3 nitrogen and oxygen atoms in total. The van der Waals surface area contributed by atoms with Gasteiger partial charge in [-0.3, -0.25) is 4.79 Å². The quantitative estimate of drug-likeness (QED) is 0.602. The lowest BCUT2D eigenvalue weighted by Gasteiger charge is -1.94. The zero-order valence-electron chi connectivity index (χ0n) is 5.76. The Bertz CT molecular complexity index is 340. The lowest BCUT2D eigenvalue weighted by molar-refractivity contribution is 0.111. The summed E-state index contributed by atoms with van der Waals surface area (Å²) in [5, 5.41) is 0.133. The van der Waals surface area contributed by atoms with Crippen molar-refractivity contribution in [2.45, 2.75) is 6.92 Å². The fourth-order valence-corrected chi connectivity index (χ4v) is 0.964. The van der Waals surface area contributed by atoms with Gasteiger partial charge in [-0.05, 0) is 13.0 Å². The van der Waals surface area contributed by atoms with Crippen molar-refractivity contribution in [1.82, 2.24) is 0 Å². The van der Waals surface area contributed by atoms with Gasteiger partial charge in [-0.1, -0.05) is 11.6 Å². The van der Waals surface area contributed by atoms with Gasteiger partial charge < -0.3 is 4.42 Å². The van der Waals surface area contributed by atoms with E-state index in [1.807, 2.05) is 0 Å². The highest BCUT2D eigenvalue weighted by Gasteiger charge is 2.05. The van der Waals surface area contributed by atoms with Gasteiger partial charge in [0.2, 0.25) is 0 Å². The van der Waals surface area contributed by atoms with Crippen molar-refractivity contribution in [3.8, 4) is 0 Å². The van der Waals surface area contributed by atoms with Gasteiger partial charge in [0.05, 0.1) is 5.02 Å². The highest BCUT2D eigenvalue weighted by Crippen LogP contribution is 2.11. The van der Waals surface area contributed by atoms with Crippen molar-refractivity contribution in [3.05, 3.63) is 32.8 Å². The van der Waals surface area contributed by atoms with E-state index in [4.69, 9.17) is 11.6 Å². The van der Waals surface area contributed by atoms with Crippen LogP contribution in [0.1, 0.15) is 16.1 Å². The Morgan fingerprint density at radius 2 is 2.27 bits per heavy atom. The maximum absolute atomic E-state index is 10.8. The third-order valence-corrected chi connectivity index (χ3v) is 1.49. The van der Waals surface area contributed by atoms with E-state index in [1.165, 1.54) is 6.07 Å². The topological polar surface area (TPSA) is 47.3 Å². The lowest BCUT2D eigenvalue weighted by atomic mass is 10.3. The van der Waals surface area contributed by atoms with E-state index in [0.717, 1.165) is 0 Å². The molecule has 4 heteroatoms. The number of aldehydes is 1. The molecule has 58 valence electrons. The van der Waals surface area contributed by atoms with Gasteiger partial charge in [-0.25, -0.2) is 4.79 Å². The van der Waals surface area contributed by atoms with Gasteiger partial charge in [0, 0.05) is 0 Å². The summed E-state index contributed by atoms with van der Waals surface area (Å²) in [7, 11) is 0. The van der Waals surface area contributed by atoms with Crippen LogP contribution in [0, 0.1) is 6.92 Å². The molecule has 0 aliphatic rings. The summed E-state index contributed by atoms with van der Waals surface area (Å²) in [5.41, 5.74) is -0.817. The predicted octanol–water partition coefficient (Wildman–Crippen LogP) is 1.41. The molecule has 0 aliphatic heterocycles. The smallest absolute Gasteiger partial charge is 0.348 e. The Hall–Kier alpha value is -1.09. The van der Waals surface area contributed by atoms with Crippen LogP contribution in [-0.2, 0) is 0 Å². The third kappa shape index (κ3) is 1.49. The molecule has 1 heterocycles. The van der Waals surface area contributed by atoms with Crippen LogP contribution in [0.25, 0.3) is 0 Å². The third-order valence-electron chi connectivity index (χ3n) is 1.18. The molecule has 0 N–H and O–H groups in total. The van der Waals surface area contributed by atoms with Crippen LogP contribution in [0.3, 0.4) is 0 Å². The van der Waals surface area contributed by atoms with Gasteiger partial charge >= 0.3 is 5.63 Å². The number of rotatable bonds is 1. The van der Waals surface area contributed by atoms with E-state index in [9.17, 15) is 9.59 Å². The Morgan fingerprint density at radius 1 is 1.64 bits per heavy atom. The molecule has 0 aliphatic carbocycles. The van der Waals surface area contributed by atoms with Gasteiger partial charge in [0.1, 0.15) is 11.3 Å². The van der Waals surface area contributed by atoms with Gasteiger partial charge in [-0.15, -0.1) is 0 Å². The van der Waals surface area contributed by atoms with Crippen LogP contribution in [-0.4, -0.2) is 6.29 Å². The molecular weight excluding hydrogens is 168 g/mol. The summed E-state index contributed by atoms with van der Waals surface area (Å²) in [6, 6.07) is 1.42. The molecule has 1 aromatic rings. The molecule has 0 amide bonds. The van der Waals surface area contributed by atoms with Crippen molar-refractivity contribution in [3.63, 3.8) is 0 Å². The number of hydrogen-bond acceptors (Lipinski definition) is 3. The summed E-state index contributed by atoms with van der Waals surface area (Å²) in [4.78, 5) is 21.0. The van der Waals surface area contributed by atoms with Crippen molar-refractivity contribution in [2.24, 2.45) is 0 Å². The van der Waals surface area contributed by atoms with E-state index in [0.29, 0.717) is 12.0 Å². The Balaban J connectivity index is 3.49. The molecular formula is C7H5ClO3. The van der Waals surface area contributed by atoms with Crippen molar-refractivity contribution < 1.29 is 9.21 Å². The highest BCUT2D eigenvalue weighted by molar-refractivity contribution is 6.32. The second-order valence-corrected chi connectivity index (χ2v) is 2.43. The molecule has 0 bridgehead atoms. The Labute approximate surface area is 67.6 Å². The molecule has 0 saturated carbocycles. The predicted molar refractivity (Wildman–Crippen MR) is 40.1 cm³/mol. The minimum atomic E-state index is -0.690. The zero-order valence-corrected chi connectivity index (χ0v) is 6.51. The zero-order chi connectivity index (χ0) is 8.43. The number of aryl methyl sites for hydroxylation is 1. The van der Waals surface area contributed by atoms with E-state index in [2.05, 4.69) is 4.42 Å². The van der Waals surface area contributed by atoms with Crippen molar-refractivity contribution in [2.75, 3.05) is 0 Å². The number of carbonyl (C=O) groups is 1. The standard InChI is InChI=1S/C7H5ClO3/c1-4-2-6(8)5(3-9)7(10)11-4/h2-3H,1H3. The monoisotopic (exact) mass is 172 g/mol. The number of halogens is 1. The van der Waals surface area contributed by atoms with E-state index in [1.54, 1.807) is 6.92 Å². The first-order valence-electron chi connectivity index (χ1n) is 2.90. The first-order chi connectivity index (χ1) is 5.15. The molecule has 0 spiro atoms. The van der Waals surface area contributed by atoms with Crippen LogP contribution < -0.4 is 5.63 Å². The molecule has 0 unspecified atom stereocenters. The lowest BCUT2D eigenvalue weighted by Crippen LogP contribution is -2.07. The average molecular weight is 173 g/mol. The van der Waals surface area contributed by atoms with E-state index in [-0.39, 0.29) is 10.6 Å². The second-order valence-electron chi connectivity index (χ2n) is 2.02. The summed E-state index contributed by atoms with van der Waals surface area (Å²) >= 11 is 5.54. The molecule has 1 aromatic heterocycles. The SMILES string of the molecule is Cc1cc(Cl)c(C=O)c(=O)o1. The summed E-state index contributed by atoms with van der Waals surface area (Å²) in [5.74, 6) is 0.394. The summed E-state index contributed by atoms with van der Waals surface area (Å²) < 4.78 is 4.61. The average Bonchev–Trinajstić information content (AvgIpc) is 1.85. The Kier molecular flexibility index (Phi) is 2.10. The van der Waals surface area contributed by atoms with Crippen LogP contribution in [0.5, 0.6) is 0 Å². The molecule has 11 heavy (non-hydrogen) atoms. The van der Waals surface area contributed by atoms with Crippen molar-refractivity contribution in [1.29, 1.82) is 0 Å². The molecule has 0 aromatic carbocycles. The number of hydrogen-bond donors (Lipinski definition) is 0. The van der Waals surface area contributed by atoms with Crippen LogP contribution in [0.4, 0.5) is 0 Å². The van der Waals surface area contributed by atoms with Crippen LogP contribution in [0.2, 0.25) is 5.02 Å². The minimum Gasteiger partial charge on any atom is -0.428 e. The molecule has 0 saturated heterocycles. The number of carbonyl (C=O) groups excluding carboxylic acids is 1. The molecule has 0 fully saturated rings. The maximum atomic E-state index is 10.8. The first-order valence-corrected chi connectivity index (χ1v) is 3.28. The molecule has 1 rings (SSSR count). The normalized spacial score (nSPS) is 9.64. The van der Waals surface area contributed by atoms with E-state index >= 15 is 0 Å². The van der Waals surface area contributed by atoms with Crippen LogP contribution in [0.15, 0.2) is 15.3 Å². The van der Waals surface area contributed by atoms with Gasteiger partial charge in [0.15, 0.2) is 6.29 Å². The van der Waals surface area contributed by atoms with Gasteiger partial charge in [0.25, 0.3) is 0 Å². The minimum absolute atomic E-state index is 0.128. The van der Waals surface area contributed by atoms with Gasteiger partial charge in [-0.2, -0.15) is 0 Å². The first kappa shape index (κ1) is 8.01. The Morgan fingerprint density at radius 3 is 2.73 bits per heavy atom. The highest BCUT2D eigenvalue weighted by atomic mass is 35.5. The maximum Gasteiger partial charge on any atom is 0.348 e. The molecule has 0 radical (unpaired) electrons. The fourth-order valence-electron chi connectivity index (χ4n) is 0.689. The second kappa shape index (κ2) is 2.88. The summed E-state index contributed by atoms with van der Waals surface area (Å²) in [6.07, 6.45) is 0.383. The largest absolute Gasteiger partial charge is 0.428 e. The fraction of sp³-hybridized carbons (Fsp3) is 0.143. The summed E-state index contributed by atoms with van der Waals surface area (Å²) in [6.45, 7) is 1.59. The molecule has 0 atom stereocenters. The van der Waals surface area contributed by atoms with Crippen molar-refractivity contribution >= 4 is 17.9 Å².